The molecular weight excluding hydrogens is 534 g/mol. The van der Waals surface area contributed by atoms with Gasteiger partial charge in [-0.3, -0.25) is 19.3 Å². The van der Waals surface area contributed by atoms with E-state index >= 15 is 0 Å². The van der Waals surface area contributed by atoms with Gasteiger partial charge in [0.2, 0.25) is 0 Å². The molecule has 0 aliphatic carbocycles. The Kier molecular flexibility index (Phi) is 8.55. The average molecular weight is 562 g/mol. The number of amides is 3. The predicted molar refractivity (Wildman–Crippen MR) is 151 cm³/mol. The normalized spacial score (nSPS) is 14.1. The standard InChI is InChI=1S/C30H28ClN3O6/c1-5-39-30(38)26-19(4)34(22-10-9-17(2)18(3)13-22)29(37)25(26)15-23-11-12-24(40-23)16-32-27(35)28(36)33-21-8-6-7-20(31)14-21/h6-15H,5,16H2,1-4H3,(H,32,35)(H,33,36)/b25-15+. The SMILES string of the molecule is CCOC(=O)C1=C(C)N(c2ccc(C)c(C)c2)C(=O)/C1=C/c1ccc(CNC(=O)C(=O)Nc2cccc(Cl)c2)o1. The van der Waals surface area contributed by atoms with Crippen molar-refractivity contribution in [2.75, 3.05) is 16.8 Å². The number of nitrogens with zero attached hydrogens (tertiary/aromatic N) is 1. The van der Waals surface area contributed by atoms with Crippen LogP contribution in [0.4, 0.5) is 11.4 Å². The second-order valence-corrected chi connectivity index (χ2v) is 9.54. The lowest BCUT2D eigenvalue weighted by Crippen LogP contribution is -2.34. The van der Waals surface area contributed by atoms with Crippen LogP contribution in [0.25, 0.3) is 6.08 Å². The molecule has 9 nitrogen and oxygen atoms in total. The zero-order valence-corrected chi connectivity index (χ0v) is 23.2. The molecule has 0 unspecified atom stereocenters. The lowest BCUT2D eigenvalue weighted by atomic mass is 10.1. The molecule has 3 aromatic rings. The van der Waals surface area contributed by atoms with Gasteiger partial charge in [-0.25, -0.2) is 4.79 Å². The quantitative estimate of drug-likeness (QED) is 0.236. The van der Waals surface area contributed by atoms with Crippen LogP contribution < -0.4 is 15.5 Å². The summed E-state index contributed by atoms with van der Waals surface area (Å²) < 4.78 is 11.0. The molecule has 0 atom stereocenters. The smallest absolute Gasteiger partial charge is 0.340 e. The summed E-state index contributed by atoms with van der Waals surface area (Å²) in [6.07, 6.45) is 1.47. The third-order valence-corrected chi connectivity index (χ3v) is 6.54. The maximum atomic E-state index is 13.6. The summed E-state index contributed by atoms with van der Waals surface area (Å²) in [5.41, 5.74) is 3.82. The van der Waals surface area contributed by atoms with Crippen molar-refractivity contribution in [2.45, 2.75) is 34.2 Å². The number of ether oxygens (including phenoxy) is 1. The molecule has 0 fully saturated rings. The molecule has 4 rings (SSSR count). The lowest BCUT2D eigenvalue weighted by Gasteiger charge is -2.19. The highest BCUT2D eigenvalue weighted by Gasteiger charge is 2.38. The van der Waals surface area contributed by atoms with E-state index in [0.717, 1.165) is 11.1 Å². The highest BCUT2D eigenvalue weighted by Crippen LogP contribution is 2.36. The van der Waals surface area contributed by atoms with Crippen LogP contribution in [0.15, 0.2) is 75.9 Å². The van der Waals surface area contributed by atoms with Gasteiger partial charge in [0, 0.05) is 22.1 Å². The van der Waals surface area contributed by atoms with E-state index in [4.69, 9.17) is 20.8 Å². The van der Waals surface area contributed by atoms with Gasteiger partial charge in [-0.1, -0.05) is 23.7 Å². The van der Waals surface area contributed by atoms with Crippen LogP contribution in [0.1, 0.15) is 36.5 Å². The average Bonchev–Trinajstić information content (AvgIpc) is 3.46. The van der Waals surface area contributed by atoms with E-state index in [1.807, 2.05) is 32.0 Å². The number of carbonyl (C=O) groups is 4. The summed E-state index contributed by atoms with van der Waals surface area (Å²) in [5, 5.41) is 5.37. The number of allylic oxidation sites excluding steroid dienone is 1. The van der Waals surface area contributed by atoms with E-state index in [1.54, 1.807) is 44.2 Å². The molecule has 1 aliphatic rings. The van der Waals surface area contributed by atoms with Crippen molar-refractivity contribution in [3.63, 3.8) is 0 Å². The Morgan fingerprint density at radius 3 is 2.48 bits per heavy atom. The first-order valence-corrected chi connectivity index (χ1v) is 12.9. The van der Waals surface area contributed by atoms with Crippen LogP contribution in [0.2, 0.25) is 5.02 Å². The Morgan fingerprint density at radius 1 is 1.00 bits per heavy atom. The summed E-state index contributed by atoms with van der Waals surface area (Å²) in [5.74, 6) is -2.12. The van der Waals surface area contributed by atoms with Crippen LogP contribution in [-0.2, 0) is 30.5 Å². The molecule has 0 bridgehead atoms. The molecule has 1 aliphatic heterocycles. The second kappa shape index (κ2) is 12.0. The zero-order chi connectivity index (χ0) is 29.0. The fourth-order valence-electron chi connectivity index (χ4n) is 4.17. The fourth-order valence-corrected chi connectivity index (χ4v) is 4.36. The van der Waals surface area contributed by atoms with Gasteiger partial charge in [0.1, 0.15) is 11.5 Å². The van der Waals surface area contributed by atoms with Gasteiger partial charge in [-0.2, -0.15) is 0 Å². The van der Waals surface area contributed by atoms with Gasteiger partial charge < -0.3 is 19.8 Å². The molecule has 1 aromatic heterocycles. The summed E-state index contributed by atoms with van der Waals surface area (Å²) in [4.78, 5) is 52.4. The van der Waals surface area contributed by atoms with Crippen molar-refractivity contribution < 1.29 is 28.3 Å². The van der Waals surface area contributed by atoms with Crippen molar-refractivity contribution in [1.82, 2.24) is 5.32 Å². The summed E-state index contributed by atoms with van der Waals surface area (Å²) in [6, 6.07) is 15.3. The zero-order valence-electron chi connectivity index (χ0n) is 22.5. The minimum absolute atomic E-state index is 0.0761. The Balaban J connectivity index is 1.52. The highest BCUT2D eigenvalue weighted by atomic mass is 35.5. The molecular formula is C30H28ClN3O6. The van der Waals surface area contributed by atoms with Crippen molar-refractivity contribution in [2.24, 2.45) is 0 Å². The minimum Gasteiger partial charge on any atom is -0.462 e. The van der Waals surface area contributed by atoms with E-state index in [1.165, 1.54) is 17.0 Å². The lowest BCUT2D eigenvalue weighted by molar-refractivity contribution is -0.138. The van der Waals surface area contributed by atoms with Gasteiger partial charge >= 0.3 is 17.8 Å². The summed E-state index contributed by atoms with van der Waals surface area (Å²) >= 11 is 5.90. The third kappa shape index (κ3) is 6.16. The van der Waals surface area contributed by atoms with E-state index in [-0.39, 0.29) is 30.1 Å². The van der Waals surface area contributed by atoms with Crippen LogP contribution in [0.3, 0.4) is 0 Å². The Labute approximate surface area is 236 Å². The first kappa shape index (κ1) is 28.4. The number of rotatable bonds is 7. The van der Waals surface area contributed by atoms with Gasteiger partial charge in [0.25, 0.3) is 5.91 Å². The Morgan fingerprint density at radius 2 is 1.77 bits per heavy atom. The van der Waals surface area contributed by atoms with E-state index in [2.05, 4.69) is 10.6 Å². The molecule has 2 aromatic carbocycles. The number of aryl methyl sites for hydroxylation is 2. The highest BCUT2D eigenvalue weighted by molar-refractivity contribution is 6.39. The summed E-state index contributed by atoms with van der Waals surface area (Å²) in [6.45, 7) is 7.38. The second-order valence-electron chi connectivity index (χ2n) is 9.10. The number of carbonyl (C=O) groups excluding carboxylic acids is 4. The molecule has 206 valence electrons. The maximum Gasteiger partial charge on any atom is 0.340 e. The molecule has 0 spiro atoms. The number of furan rings is 1. The molecule has 0 radical (unpaired) electrons. The summed E-state index contributed by atoms with van der Waals surface area (Å²) in [7, 11) is 0. The minimum atomic E-state index is -0.866. The van der Waals surface area contributed by atoms with Crippen LogP contribution in [0, 0.1) is 13.8 Å². The van der Waals surface area contributed by atoms with Gasteiger partial charge in [-0.15, -0.1) is 0 Å². The van der Waals surface area contributed by atoms with Crippen LogP contribution in [-0.4, -0.2) is 30.3 Å². The van der Waals surface area contributed by atoms with E-state index in [9.17, 15) is 19.2 Å². The monoisotopic (exact) mass is 561 g/mol. The number of anilines is 2. The number of benzene rings is 2. The number of nitrogens with one attached hydrogen (secondary N) is 2. The number of hydrogen-bond acceptors (Lipinski definition) is 6. The van der Waals surface area contributed by atoms with E-state index < -0.39 is 23.7 Å². The van der Waals surface area contributed by atoms with Gasteiger partial charge in [0.05, 0.1) is 24.3 Å². The molecule has 40 heavy (non-hydrogen) atoms. The maximum absolute atomic E-state index is 13.6. The number of halogens is 1. The molecule has 0 saturated carbocycles. The van der Waals surface area contributed by atoms with Crippen molar-refractivity contribution >= 4 is 52.7 Å². The van der Waals surface area contributed by atoms with Crippen molar-refractivity contribution in [1.29, 1.82) is 0 Å². The predicted octanol–water partition coefficient (Wildman–Crippen LogP) is 5.07. The first-order chi connectivity index (χ1) is 19.1. The molecule has 2 heterocycles. The molecule has 3 amide bonds. The van der Waals surface area contributed by atoms with Crippen LogP contribution in [0.5, 0.6) is 0 Å². The number of hydrogen-bond donors (Lipinski definition) is 2. The van der Waals surface area contributed by atoms with Crippen molar-refractivity contribution in [3.8, 4) is 0 Å². The Hall–Kier alpha value is -4.63. The van der Waals surface area contributed by atoms with Gasteiger partial charge in [-0.05, 0) is 87.4 Å². The fraction of sp³-hybridized carbons (Fsp3) is 0.200. The molecule has 2 N–H and O–H groups in total. The van der Waals surface area contributed by atoms with E-state index in [0.29, 0.717) is 27.9 Å². The van der Waals surface area contributed by atoms with Crippen LogP contribution >= 0.6 is 11.6 Å². The number of esters is 1. The molecule has 10 heteroatoms. The third-order valence-electron chi connectivity index (χ3n) is 6.31. The first-order valence-electron chi connectivity index (χ1n) is 12.5. The topological polar surface area (TPSA) is 118 Å². The molecule has 0 saturated heterocycles. The largest absolute Gasteiger partial charge is 0.462 e. The van der Waals surface area contributed by atoms with Gasteiger partial charge in [0.15, 0.2) is 0 Å². The Bertz CT molecular complexity index is 1570. The van der Waals surface area contributed by atoms with Crippen molar-refractivity contribution in [3.05, 3.63) is 99.1 Å².